The number of halogens is 1. The third-order valence-corrected chi connectivity index (χ3v) is 3.72. The maximum Gasteiger partial charge on any atom is 0.344 e. The number of nitrogens with one attached hydrogen (secondary N) is 1. The number of benzene rings is 2. The molecule has 2 aromatic rings. The monoisotopic (exact) mass is 375 g/mol. The Labute approximate surface area is 157 Å². The van der Waals surface area contributed by atoms with E-state index in [1.165, 1.54) is 19.1 Å². The summed E-state index contributed by atoms with van der Waals surface area (Å²) in [4.78, 5) is 23.8. The fraction of sp³-hybridized carbons (Fsp3) is 0.300. The fourth-order valence-corrected chi connectivity index (χ4v) is 2.22. The summed E-state index contributed by atoms with van der Waals surface area (Å²) >= 11 is 0. The van der Waals surface area contributed by atoms with Crippen molar-refractivity contribution in [3.63, 3.8) is 0 Å². The van der Waals surface area contributed by atoms with Gasteiger partial charge in [-0.15, -0.1) is 0 Å². The molecule has 0 heterocycles. The third kappa shape index (κ3) is 6.97. The second-order valence-corrected chi connectivity index (χ2v) is 5.76. The average molecular weight is 375 g/mol. The van der Waals surface area contributed by atoms with Gasteiger partial charge in [0.1, 0.15) is 17.3 Å². The zero-order valence-corrected chi connectivity index (χ0v) is 15.2. The van der Waals surface area contributed by atoms with Crippen molar-refractivity contribution in [1.82, 2.24) is 5.32 Å². The van der Waals surface area contributed by atoms with Gasteiger partial charge in [0.25, 0.3) is 5.91 Å². The van der Waals surface area contributed by atoms with E-state index in [4.69, 9.17) is 14.2 Å². The lowest BCUT2D eigenvalue weighted by atomic mass is 10.1. The average Bonchev–Trinajstić information content (AvgIpc) is 2.68. The minimum absolute atomic E-state index is 0.305. The zero-order chi connectivity index (χ0) is 19.6. The van der Waals surface area contributed by atoms with Gasteiger partial charge in [-0.2, -0.15) is 0 Å². The van der Waals surface area contributed by atoms with Crippen LogP contribution in [0, 0.1) is 5.82 Å². The van der Waals surface area contributed by atoms with Crippen LogP contribution in [0.15, 0.2) is 48.5 Å². The van der Waals surface area contributed by atoms with Crippen molar-refractivity contribution in [3.8, 4) is 11.5 Å². The molecular weight excluding hydrogens is 353 g/mol. The Morgan fingerprint density at radius 3 is 2.30 bits per heavy atom. The summed E-state index contributed by atoms with van der Waals surface area (Å²) in [5.41, 5.74) is 0.897. The van der Waals surface area contributed by atoms with Crippen LogP contribution in [0.3, 0.4) is 0 Å². The molecule has 0 bridgehead atoms. The first-order valence-electron chi connectivity index (χ1n) is 8.46. The summed E-state index contributed by atoms with van der Waals surface area (Å²) in [6.45, 7) is 1.53. The summed E-state index contributed by atoms with van der Waals surface area (Å²) < 4.78 is 28.2. The Hall–Kier alpha value is -3.09. The molecule has 0 saturated heterocycles. The Kier molecular flexibility index (Phi) is 7.61. The lowest BCUT2D eigenvalue weighted by Crippen LogP contribution is -2.37. The van der Waals surface area contributed by atoms with Gasteiger partial charge in [0, 0.05) is 6.54 Å². The van der Waals surface area contributed by atoms with Crippen LogP contribution < -0.4 is 14.8 Å². The molecule has 0 aromatic heterocycles. The van der Waals surface area contributed by atoms with Crippen molar-refractivity contribution in [2.24, 2.45) is 0 Å². The van der Waals surface area contributed by atoms with Gasteiger partial charge in [-0.25, -0.2) is 9.18 Å². The van der Waals surface area contributed by atoms with Crippen LogP contribution in [0.5, 0.6) is 11.5 Å². The Balaban J connectivity index is 1.67. The number of hydrogen-bond acceptors (Lipinski definition) is 5. The highest BCUT2D eigenvalue weighted by atomic mass is 19.1. The first kappa shape index (κ1) is 20.2. The van der Waals surface area contributed by atoms with Gasteiger partial charge in [-0.05, 0) is 55.3 Å². The van der Waals surface area contributed by atoms with Crippen LogP contribution >= 0.6 is 0 Å². The van der Waals surface area contributed by atoms with Gasteiger partial charge < -0.3 is 19.5 Å². The number of carbonyl (C=O) groups excluding carboxylic acids is 2. The summed E-state index contributed by atoms with van der Waals surface area (Å²) in [7, 11) is 1.55. The summed E-state index contributed by atoms with van der Waals surface area (Å²) in [6, 6.07) is 12.8. The number of methoxy groups -OCH3 is 1. The fourth-order valence-electron chi connectivity index (χ4n) is 2.22. The smallest absolute Gasteiger partial charge is 0.344 e. The Morgan fingerprint density at radius 1 is 1.04 bits per heavy atom. The van der Waals surface area contributed by atoms with Crippen molar-refractivity contribution in [2.45, 2.75) is 19.4 Å². The molecule has 1 atom stereocenters. The molecule has 0 radical (unpaired) electrons. The van der Waals surface area contributed by atoms with Crippen molar-refractivity contribution < 1.29 is 28.2 Å². The van der Waals surface area contributed by atoms with E-state index in [9.17, 15) is 14.0 Å². The predicted octanol–water partition coefficient (Wildman–Crippen LogP) is 2.50. The molecule has 2 aromatic carbocycles. The van der Waals surface area contributed by atoms with E-state index in [-0.39, 0.29) is 12.4 Å². The lowest BCUT2D eigenvalue weighted by Gasteiger charge is -2.14. The van der Waals surface area contributed by atoms with Crippen LogP contribution in [0.1, 0.15) is 12.5 Å². The van der Waals surface area contributed by atoms with E-state index in [0.29, 0.717) is 24.5 Å². The lowest BCUT2D eigenvalue weighted by molar-refractivity contribution is -0.156. The maximum atomic E-state index is 12.8. The molecule has 144 valence electrons. The van der Waals surface area contributed by atoms with Crippen LogP contribution in [-0.4, -0.2) is 38.2 Å². The van der Waals surface area contributed by atoms with Crippen LogP contribution in [-0.2, 0) is 20.7 Å². The SMILES string of the molecule is COc1ccc(OCC(=O)O[C@H](C)C(=O)NCCc2ccc(F)cc2)cc1. The normalized spacial score (nSPS) is 11.4. The molecule has 0 unspecified atom stereocenters. The molecule has 6 nitrogen and oxygen atoms in total. The zero-order valence-electron chi connectivity index (χ0n) is 15.2. The van der Waals surface area contributed by atoms with E-state index >= 15 is 0 Å². The summed E-state index contributed by atoms with van der Waals surface area (Å²) in [5.74, 6) is -0.192. The van der Waals surface area contributed by atoms with E-state index < -0.39 is 18.0 Å². The molecular formula is C20H22FNO5. The minimum Gasteiger partial charge on any atom is -0.497 e. The largest absolute Gasteiger partial charge is 0.497 e. The second-order valence-electron chi connectivity index (χ2n) is 5.76. The number of amides is 1. The molecule has 1 N–H and O–H groups in total. The number of hydrogen-bond donors (Lipinski definition) is 1. The van der Waals surface area contributed by atoms with Crippen molar-refractivity contribution in [3.05, 3.63) is 59.9 Å². The third-order valence-electron chi connectivity index (χ3n) is 3.72. The van der Waals surface area contributed by atoms with E-state index in [1.54, 1.807) is 43.5 Å². The molecule has 0 spiro atoms. The predicted molar refractivity (Wildman–Crippen MR) is 97.2 cm³/mol. The highest BCUT2D eigenvalue weighted by Crippen LogP contribution is 2.16. The van der Waals surface area contributed by atoms with Crippen LogP contribution in [0.4, 0.5) is 4.39 Å². The highest BCUT2D eigenvalue weighted by Gasteiger charge is 2.17. The first-order chi connectivity index (χ1) is 13.0. The highest BCUT2D eigenvalue weighted by molar-refractivity contribution is 5.83. The van der Waals surface area contributed by atoms with Gasteiger partial charge >= 0.3 is 5.97 Å². The van der Waals surface area contributed by atoms with Gasteiger partial charge in [0.2, 0.25) is 0 Å². The van der Waals surface area contributed by atoms with Crippen molar-refractivity contribution >= 4 is 11.9 Å². The van der Waals surface area contributed by atoms with E-state index in [0.717, 1.165) is 5.56 Å². The van der Waals surface area contributed by atoms with Crippen molar-refractivity contribution in [2.75, 3.05) is 20.3 Å². The molecule has 7 heteroatoms. The van der Waals surface area contributed by atoms with Crippen LogP contribution in [0.2, 0.25) is 0 Å². The molecule has 0 fully saturated rings. The molecule has 1 amide bonds. The number of esters is 1. The van der Waals surface area contributed by atoms with Gasteiger partial charge in [-0.1, -0.05) is 12.1 Å². The van der Waals surface area contributed by atoms with E-state index in [2.05, 4.69) is 5.32 Å². The number of rotatable bonds is 9. The van der Waals surface area contributed by atoms with Gasteiger partial charge in [0.05, 0.1) is 7.11 Å². The quantitative estimate of drug-likeness (QED) is 0.682. The van der Waals surface area contributed by atoms with Crippen molar-refractivity contribution in [1.29, 1.82) is 0 Å². The molecule has 2 rings (SSSR count). The first-order valence-corrected chi connectivity index (χ1v) is 8.46. The topological polar surface area (TPSA) is 73.9 Å². The summed E-state index contributed by atoms with van der Waals surface area (Å²) in [5, 5.41) is 2.67. The summed E-state index contributed by atoms with van der Waals surface area (Å²) in [6.07, 6.45) is -0.391. The standard InChI is InChI=1S/C20H22FNO5/c1-14(20(24)22-12-11-15-3-5-16(21)6-4-15)27-19(23)13-26-18-9-7-17(25-2)8-10-18/h3-10,14H,11-13H2,1-2H3,(H,22,24)/t14-/m1/s1. The molecule has 27 heavy (non-hydrogen) atoms. The van der Waals surface area contributed by atoms with Crippen LogP contribution in [0.25, 0.3) is 0 Å². The Bertz CT molecular complexity index is 746. The minimum atomic E-state index is -0.940. The molecule has 0 aliphatic rings. The Morgan fingerprint density at radius 2 is 1.67 bits per heavy atom. The van der Waals surface area contributed by atoms with Gasteiger partial charge in [0.15, 0.2) is 12.7 Å². The second kappa shape index (κ2) is 10.2. The number of ether oxygens (including phenoxy) is 3. The molecule has 0 aliphatic carbocycles. The molecule has 0 saturated carbocycles. The number of carbonyl (C=O) groups is 2. The maximum absolute atomic E-state index is 12.8. The molecule has 0 aliphatic heterocycles. The van der Waals surface area contributed by atoms with Gasteiger partial charge in [-0.3, -0.25) is 4.79 Å². The van der Waals surface area contributed by atoms with E-state index in [1.807, 2.05) is 0 Å².